The van der Waals surface area contributed by atoms with E-state index in [4.69, 9.17) is 19.0 Å². The van der Waals surface area contributed by atoms with Crippen molar-refractivity contribution in [3.05, 3.63) is 53.9 Å². The van der Waals surface area contributed by atoms with E-state index in [0.717, 1.165) is 5.56 Å². The van der Waals surface area contributed by atoms with Gasteiger partial charge < -0.3 is 23.9 Å². The first kappa shape index (κ1) is 26.6. The molecule has 0 saturated carbocycles. The third-order valence-corrected chi connectivity index (χ3v) is 6.15. The van der Waals surface area contributed by atoms with E-state index in [0.29, 0.717) is 31.6 Å². The third-order valence-electron chi connectivity index (χ3n) is 6.15. The first-order valence-electron chi connectivity index (χ1n) is 12.3. The SMILES string of the molecule is CCOC(=O)CO/N=C(/C(=O)N1CCC(N2C(=O)OC[C@H]2C(=O)OCc2ccccc2)CC1)c1ccn[nH]1. The number of piperidine rings is 1. The normalized spacial score (nSPS) is 18.2. The molecule has 2 aliphatic rings. The van der Waals surface area contributed by atoms with Gasteiger partial charge in [0.05, 0.1) is 12.3 Å². The lowest BCUT2D eigenvalue weighted by atomic mass is 10.0. The van der Waals surface area contributed by atoms with Crippen molar-refractivity contribution in [2.45, 2.75) is 38.5 Å². The number of aromatic amines is 1. The van der Waals surface area contributed by atoms with E-state index >= 15 is 0 Å². The van der Waals surface area contributed by atoms with Crippen molar-refractivity contribution in [1.82, 2.24) is 20.0 Å². The Hall–Kier alpha value is -4.42. The minimum Gasteiger partial charge on any atom is -0.463 e. The molecule has 1 atom stereocenters. The number of carbonyl (C=O) groups excluding carboxylic acids is 4. The molecule has 1 N–H and O–H groups in total. The topological polar surface area (TPSA) is 153 Å². The molecule has 0 spiro atoms. The molecule has 2 aliphatic heterocycles. The average molecular weight is 528 g/mol. The highest BCUT2D eigenvalue weighted by molar-refractivity contribution is 6.44. The Bertz CT molecular complexity index is 1150. The molecule has 1 aromatic heterocycles. The molecule has 3 heterocycles. The summed E-state index contributed by atoms with van der Waals surface area (Å²) >= 11 is 0. The zero-order valence-corrected chi connectivity index (χ0v) is 20.9. The predicted octanol–water partition coefficient (Wildman–Crippen LogP) is 1.25. The molecule has 0 aliphatic carbocycles. The van der Waals surface area contributed by atoms with Gasteiger partial charge in [0.15, 0.2) is 11.8 Å². The largest absolute Gasteiger partial charge is 0.463 e. The lowest BCUT2D eigenvalue weighted by Crippen LogP contribution is -2.52. The van der Waals surface area contributed by atoms with E-state index in [2.05, 4.69) is 15.4 Å². The minimum absolute atomic E-state index is 0.0480. The van der Waals surface area contributed by atoms with Crippen molar-refractivity contribution >= 4 is 29.7 Å². The van der Waals surface area contributed by atoms with E-state index in [9.17, 15) is 19.2 Å². The number of rotatable bonds is 10. The number of hydrogen-bond acceptors (Lipinski definition) is 10. The summed E-state index contributed by atoms with van der Waals surface area (Å²) in [6, 6.07) is 9.65. The van der Waals surface area contributed by atoms with Crippen LogP contribution in [0.4, 0.5) is 4.79 Å². The molecule has 2 fully saturated rings. The van der Waals surface area contributed by atoms with Gasteiger partial charge in [-0.2, -0.15) is 5.10 Å². The number of oxime groups is 1. The van der Waals surface area contributed by atoms with Crippen molar-refractivity contribution in [3.63, 3.8) is 0 Å². The van der Waals surface area contributed by atoms with E-state index in [1.165, 1.54) is 11.1 Å². The van der Waals surface area contributed by atoms with Gasteiger partial charge in [0, 0.05) is 25.3 Å². The maximum Gasteiger partial charge on any atom is 0.410 e. The van der Waals surface area contributed by atoms with E-state index in [1.807, 2.05) is 30.3 Å². The van der Waals surface area contributed by atoms with Gasteiger partial charge in [0.2, 0.25) is 6.61 Å². The zero-order valence-electron chi connectivity index (χ0n) is 20.9. The molecule has 13 heteroatoms. The molecule has 202 valence electrons. The van der Waals surface area contributed by atoms with Crippen LogP contribution in [0.15, 0.2) is 47.8 Å². The van der Waals surface area contributed by atoms with Crippen LogP contribution in [-0.2, 0) is 40.0 Å². The number of cyclic esters (lactones) is 1. The van der Waals surface area contributed by atoms with Gasteiger partial charge in [-0.15, -0.1) is 0 Å². The highest BCUT2D eigenvalue weighted by atomic mass is 16.7. The Morgan fingerprint density at radius 3 is 2.58 bits per heavy atom. The molecule has 0 unspecified atom stereocenters. The van der Waals surface area contributed by atoms with Crippen LogP contribution in [0.25, 0.3) is 0 Å². The summed E-state index contributed by atoms with van der Waals surface area (Å²) in [5.74, 6) is -1.58. The molecule has 2 saturated heterocycles. The van der Waals surface area contributed by atoms with Gasteiger partial charge in [-0.3, -0.25) is 14.8 Å². The molecule has 0 radical (unpaired) electrons. The van der Waals surface area contributed by atoms with E-state index < -0.39 is 36.6 Å². The summed E-state index contributed by atoms with van der Waals surface area (Å²) in [5, 5.41) is 10.4. The second kappa shape index (κ2) is 12.7. The first-order valence-corrected chi connectivity index (χ1v) is 12.3. The zero-order chi connectivity index (χ0) is 26.9. The fraction of sp³-hybridized carbons (Fsp3) is 0.440. The second-order valence-corrected chi connectivity index (χ2v) is 8.61. The number of amides is 2. The highest BCUT2D eigenvalue weighted by Gasteiger charge is 2.44. The second-order valence-electron chi connectivity index (χ2n) is 8.61. The number of benzene rings is 1. The lowest BCUT2D eigenvalue weighted by Gasteiger charge is -2.37. The number of esters is 2. The Morgan fingerprint density at radius 2 is 1.89 bits per heavy atom. The average Bonchev–Trinajstić information content (AvgIpc) is 3.60. The Morgan fingerprint density at radius 1 is 1.13 bits per heavy atom. The summed E-state index contributed by atoms with van der Waals surface area (Å²) in [4.78, 5) is 58.1. The number of nitrogens with one attached hydrogen (secondary N) is 1. The van der Waals surface area contributed by atoms with Crippen molar-refractivity contribution in [1.29, 1.82) is 0 Å². The number of H-pyrrole nitrogens is 1. The molecular weight excluding hydrogens is 498 g/mol. The van der Waals surface area contributed by atoms with Crippen molar-refractivity contribution in [2.24, 2.45) is 5.16 Å². The fourth-order valence-electron chi connectivity index (χ4n) is 4.28. The number of nitrogens with zero attached hydrogens (tertiary/aromatic N) is 4. The summed E-state index contributed by atoms with van der Waals surface area (Å²) in [5.41, 5.74) is 1.11. The number of ether oxygens (including phenoxy) is 3. The van der Waals surface area contributed by atoms with Crippen LogP contribution in [-0.4, -0.2) is 94.6 Å². The van der Waals surface area contributed by atoms with Crippen LogP contribution in [0.2, 0.25) is 0 Å². The highest BCUT2D eigenvalue weighted by Crippen LogP contribution is 2.25. The number of hydrogen-bond donors (Lipinski definition) is 1. The minimum atomic E-state index is -0.850. The van der Waals surface area contributed by atoms with E-state index in [-0.39, 0.29) is 31.6 Å². The third kappa shape index (κ3) is 6.47. The van der Waals surface area contributed by atoms with Gasteiger partial charge in [0.1, 0.15) is 13.2 Å². The molecule has 0 bridgehead atoms. The van der Waals surface area contributed by atoms with Gasteiger partial charge in [-0.05, 0) is 31.4 Å². The standard InChI is InChI=1S/C25H29N5O8/c1-2-35-21(31)16-38-28-22(19-8-11-26-27-19)23(32)29-12-9-18(10-13-29)30-20(15-37-25(30)34)24(33)36-14-17-6-4-3-5-7-17/h3-8,11,18,20H,2,9-10,12-16H2,1H3,(H,26,27)/b28-22+/t20-/m0/s1. The molecule has 2 amide bonds. The molecule has 2 aromatic rings. The number of aromatic nitrogens is 2. The van der Waals surface area contributed by atoms with Crippen LogP contribution in [0.5, 0.6) is 0 Å². The van der Waals surface area contributed by atoms with Crippen molar-refractivity contribution < 1.29 is 38.2 Å². The molecular formula is C25H29N5O8. The summed E-state index contributed by atoms with van der Waals surface area (Å²) < 4.78 is 15.4. The number of likely N-dealkylation sites (tertiary alicyclic amines) is 1. The van der Waals surface area contributed by atoms with Gasteiger partial charge in [0.25, 0.3) is 5.91 Å². The van der Waals surface area contributed by atoms with E-state index in [1.54, 1.807) is 17.9 Å². The van der Waals surface area contributed by atoms with Crippen molar-refractivity contribution in [3.8, 4) is 0 Å². The smallest absolute Gasteiger partial charge is 0.410 e. The molecule has 4 rings (SSSR count). The van der Waals surface area contributed by atoms with Gasteiger partial charge in [-0.25, -0.2) is 14.4 Å². The molecule has 38 heavy (non-hydrogen) atoms. The Balaban J connectivity index is 1.36. The maximum absolute atomic E-state index is 13.3. The summed E-state index contributed by atoms with van der Waals surface area (Å²) in [7, 11) is 0. The summed E-state index contributed by atoms with van der Waals surface area (Å²) in [6.07, 6.45) is 1.72. The van der Waals surface area contributed by atoms with Crippen LogP contribution >= 0.6 is 0 Å². The molecule has 13 nitrogen and oxygen atoms in total. The fourth-order valence-corrected chi connectivity index (χ4v) is 4.28. The van der Waals surface area contributed by atoms with Crippen molar-refractivity contribution in [2.75, 3.05) is 32.9 Å². The van der Waals surface area contributed by atoms with Crippen LogP contribution in [0.3, 0.4) is 0 Å². The quantitative estimate of drug-likeness (QED) is 0.208. The number of carbonyl (C=O) groups is 4. The van der Waals surface area contributed by atoms with Gasteiger partial charge >= 0.3 is 18.0 Å². The maximum atomic E-state index is 13.3. The van der Waals surface area contributed by atoms with Crippen LogP contribution in [0, 0.1) is 0 Å². The predicted molar refractivity (Wildman–Crippen MR) is 131 cm³/mol. The summed E-state index contributed by atoms with van der Waals surface area (Å²) in [6.45, 7) is 2.03. The molecule has 1 aromatic carbocycles. The lowest BCUT2D eigenvalue weighted by molar-refractivity contribution is -0.150. The van der Waals surface area contributed by atoms with Crippen LogP contribution < -0.4 is 0 Å². The van der Waals surface area contributed by atoms with Crippen LogP contribution in [0.1, 0.15) is 31.0 Å². The Kier molecular flexibility index (Phi) is 8.90. The first-order chi connectivity index (χ1) is 18.5. The van der Waals surface area contributed by atoms with Gasteiger partial charge in [-0.1, -0.05) is 35.5 Å². The Labute approximate surface area is 218 Å². The monoisotopic (exact) mass is 527 g/mol.